The molecule has 0 radical (unpaired) electrons. The average molecular weight is 486 g/mol. The van der Waals surface area contributed by atoms with Gasteiger partial charge >= 0.3 is 18.1 Å². The Bertz CT molecular complexity index is 1110. The van der Waals surface area contributed by atoms with Crippen LogP contribution >= 0.6 is 11.3 Å². The second-order valence-corrected chi connectivity index (χ2v) is 7.23. The molecular formula is C18H17F3N6O5S. The zero-order valence-corrected chi connectivity index (χ0v) is 17.7. The SMILES string of the molecule is Cc1nc(N=C(N)N)sc1C(=O)Nc1cccc(C(=O)NCCC(=O)OC(=O)C(F)(F)F)c1. The molecule has 6 N–H and O–H groups in total. The smallest absolute Gasteiger partial charge is 0.386 e. The fourth-order valence-corrected chi connectivity index (χ4v) is 3.12. The maximum Gasteiger partial charge on any atom is 0.491 e. The zero-order chi connectivity index (χ0) is 24.8. The average Bonchev–Trinajstić information content (AvgIpc) is 3.06. The minimum Gasteiger partial charge on any atom is -0.386 e. The summed E-state index contributed by atoms with van der Waals surface area (Å²) in [6.45, 7) is 1.21. The molecule has 33 heavy (non-hydrogen) atoms. The van der Waals surface area contributed by atoms with Gasteiger partial charge in [0.05, 0.1) is 12.1 Å². The molecule has 0 unspecified atom stereocenters. The van der Waals surface area contributed by atoms with Crippen molar-refractivity contribution >= 4 is 51.9 Å². The van der Waals surface area contributed by atoms with E-state index in [0.29, 0.717) is 5.69 Å². The number of nitrogens with one attached hydrogen (secondary N) is 2. The minimum atomic E-state index is -5.30. The van der Waals surface area contributed by atoms with Crippen molar-refractivity contribution in [3.8, 4) is 0 Å². The van der Waals surface area contributed by atoms with Gasteiger partial charge in [-0.05, 0) is 25.1 Å². The van der Waals surface area contributed by atoms with Crippen LogP contribution in [0.25, 0.3) is 0 Å². The van der Waals surface area contributed by atoms with Gasteiger partial charge in [0.15, 0.2) is 5.96 Å². The van der Waals surface area contributed by atoms with Gasteiger partial charge in [0, 0.05) is 17.8 Å². The van der Waals surface area contributed by atoms with Gasteiger partial charge in [-0.15, -0.1) is 0 Å². The number of aromatic nitrogens is 1. The Hall–Kier alpha value is -4.01. The van der Waals surface area contributed by atoms with Crippen molar-refractivity contribution in [3.63, 3.8) is 0 Å². The van der Waals surface area contributed by atoms with Crippen molar-refractivity contribution in [1.29, 1.82) is 0 Å². The minimum absolute atomic E-state index is 0.0924. The van der Waals surface area contributed by atoms with E-state index in [0.717, 1.165) is 11.3 Å². The Morgan fingerprint density at radius 1 is 1.18 bits per heavy atom. The lowest BCUT2D eigenvalue weighted by Gasteiger charge is -2.08. The number of carbonyl (C=O) groups is 4. The van der Waals surface area contributed by atoms with E-state index in [9.17, 15) is 32.3 Å². The molecule has 2 aromatic rings. The molecule has 0 saturated carbocycles. The molecule has 0 spiro atoms. The van der Waals surface area contributed by atoms with Crippen LogP contribution in [0.4, 0.5) is 24.0 Å². The number of nitrogens with zero attached hydrogens (tertiary/aromatic N) is 2. The first-order valence-electron chi connectivity index (χ1n) is 8.95. The molecule has 1 aromatic carbocycles. The summed E-state index contributed by atoms with van der Waals surface area (Å²) in [6.07, 6.45) is -5.96. The van der Waals surface area contributed by atoms with Crippen LogP contribution in [0, 0.1) is 6.92 Å². The van der Waals surface area contributed by atoms with Gasteiger partial charge in [0.25, 0.3) is 11.8 Å². The summed E-state index contributed by atoms with van der Waals surface area (Å²) in [7, 11) is 0. The van der Waals surface area contributed by atoms with E-state index in [1.54, 1.807) is 6.92 Å². The number of amides is 2. The molecule has 11 nitrogen and oxygen atoms in total. The molecule has 2 amide bonds. The third-order valence-electron chi connectivity index (χ3n) is 3.65. The summed E-state index contributed by atoms with van der Waals surface area (Å²) >= 11 is 0.957. The van der Waals surface area contributed by atoms with Crippen LogP contribution in [-0.2, 0) is 14.3 Å². The van der Waals surface area contributed by atoms with Crippen LogP contribution in [-0.4, -0.2) is 47.4 Å². The number of thiazole rings is 1. The molecule has 1 aromatic heterocycles. The van der Waals surface area contributed by atoms with Gasteiger partial charge in [-0.25, -0.2) is 9.78 Å². The Kier molecular flexibility index (Phi) is 8.06. The van der Waals surface area contributed by atoms with Crippen LogP contribution in [0.2, 0.25) is 0 Å². The molecule has 2 rings (SSSR count). The number of benzene rings is 1. The highest BCUT2D eigenvalue weighted by molar-refractivity contribution is 7.17. The lowest BCUT2D eigenvalue weighted by Crippen LogP contribution is -2.31. The number of carbonyl (C=O) groups excluding carboxylic acids is 4. The van der Waals surface area contributed by atoms with Crippen molar-refractivity contribution in [1.82, 2.24) is 10.3 Å². The first kappa shape index (κ1) is 25.3. The third-order valence-corrected chi connectivity index (χ3v) is 4.70. The molecule has 15 heteroatoms. The Labute approximate surface area is 188 Å². The molecule has 0 aliphatic rings. The highest BCUT2D eigenvalue weighted by Crippen LogP contribution is 2.26. The molecule has 176 valence electrons. The van der Waals surface area contributed by atoms with Crippen LogP contribution in [0.3, 0.4) is 0 Å². The van der Waals surface area contributed by atoms with E-state index in [4.69, 9.17) is 11.5 Å². The van der Waals surface area contributed by atoms with Gasteiger partial charge in [-0.3, -0.25) is 14.4 Å². The molecule has 1 heterocycles. The molecule has 0 atom stereocenters. The molecule has 0 aliphatic carbocycles. The van der Waals surface area contributed by atoms with E-state index in [1.165, 1.54) is 24.3 Å². The van der Waals surface area contributed by atoms with Crippen molar-refractivity contribution in [2.45, 2.75) is 19.5 Å². The topological polar surface area (TPSA) is 179 Å². The summed E-state index contributed by atoms with van der Waals surface area (Å²) in [6, 6.07) is 5.74. The number of ether oxygens (including phenoxy) is 1. The number of alkyl halides is 3. The van der Waals surface area contributed by atoms with E-state index in [-0.39, 0.29) is 33.8 Å². The number of guanidine groups is 1. The predicted molar refractivity (Wildman–Crippen MR) is 111 cm³/mol. The van der Waals surface area contributed by atoms with E-state index in [1.807, 2.05) is 0 Å². The monoisotopic (exact) mass is 486 g/mol. The van der Waals surface area contributed by atoms with Crippen LogP contribution in [0.1, 0.15) is 32.1 Å². The quantitative estimate of drug-likeness (QED) is 0.196. The number of aliphatic imine (C=N–C) groups is 1. The number of anilines is 1. The fourth-order valence-electron chi connectivity index (χ4n) is 2.27. The number of hydrogen-bond acceptors (Lipinski definition) is 8. The lowest BCUT2D eigenvalue weighted by atomic mass is 10.2. The predicted octanol–water partition coefficient (Wildman–Crippen LogP) is 1.36. The number of hydrogen-bond donors (Lipinski definition) is 4. The van der Waals surface area contributed by atoms with Crippen LogP contribution in [0.15, 0.2) is 29.3 Å². The maximum atomic E-state index is 12.5. The Morgan fingerprint density at radius 2 is 1.88 bits per heavy atom. The van der Waals surface area contributed by atoms with Crippen molar-refractivity contribution in [3.05, 3.63) is 40.4 Å². The number of halogens is 3. The molecule has 0 aliphatic heterocycles. The largest absolute Gasteiger partial charge is 0.491 e. The van der Waals surface area contributed by atoms with Crippen molar-refractivity contribution < 1.29 is 37.1 Å². The molecule has 0 bridgehead atoms. The summed E-state index contributed by atoms with van der Waals surface area (Å²) < 4.78 is 39.8. The highest BCUT2D eigenvalue weighted by Gasteiger charge is 2.42. The first-order valence-corrected chi connectivity index (χ1v) is 9.77. The molecular weight excluding hydrogens is 469 g/mol. The Morgan fingerprint density at radius 3 is 2.52 bits per heavy atom. The maximum absolute atomic E-state index is 12.5. The van der Waals surface area contributed by atoms with E-state index < -0.39 is 36.4 Å². The van der Waals surface area contributed by atoms with E-state index in [2.05, 4.69) is 25.3 Å². The summed E-state index contributed by atoms with van der Waals surface area (Å²) in [5.41, 5.74) is 11.3. The summed E-state index contributed by atoms with van der Waals surface area (Å²) in [5.74, 6) is -5.49. The number of aryl methyl sites for hydroxylation is 1. The summed E-state index contributed by atoms with van der Waals surface area (Å²) in [4.78, 5) is 54.6. The first-order chi connectivity index (χ1) is 15.4. The second kappa shape index (κ2) is 10.5. The molecule has 0 fully saturated rings. The molecule has 0 saturated heterocycles. The lowest BCUT2D eigenvalue weighted by molar-refractivity contribution is -0.201. The normalized spacial score (nSPS) is 10.8. The third kappa shape index (κ3) is 7.57. The zero-order valence-electron chi connectivity index (χ0n) is 16.9. The van der Waals surface area contributed by atoms with Gasteiger partial charge in [-0.1, -0.05) is 17.4 Å². The summed E-state index contributed by atoms with van der Waals surface area (Å²) in [5, 5.41) is 5.08. The van der Waals surface area contributed by atoms with Crippen molar-refractivity contribution in [2.75, 3.05) is 11.9 Å². The van der Waals surface area contributed by atoms with Gasteiger partial charge < -0.3 is 26.8 Å². The Balaban J connectivity index is 1.95. The van der Waals surface area contributed by atoms with Gasteiger partial charge in [0.1, 0.15) is 4.88 Å². The standard InChI is InChI=1S/C18H17F3N6O5S/c1-8-12(33-17(25-8)27-16(22)23)14(30)26-10-4-2-3-9(7-10)13(29)24-6-5-11(28)32-15(31)18(19,20)21/h2-4,7H,5-6H2,1H3,(H,24,29)(H,26,30)(H4,22,23,25,27). The number of rotatable bonds is 7. The van der Waals surface area contributed by atoms with Gasteiger partial charge in [-0.2, -0.15) is 18.2 Å². The fraction of sp³-hybridized carbons (Fsp3) is 0.222. The van der Waals surface area contributed by atoms with Crippen molar-refractivity contribution in [2.24, 2.45) is 16.5 Å². The highest BCUT2D eigenvalue weighted by atomic mass is 32.1. The van der Waals surface area contributed by atoms with E-state index >= 15 is 0 Å². The number of esters is 2. The van der Waals surface area contributed by atoms with Crippen LogP contribution in [0.5, 0.6) is 0 Å². The second-order valence-electron chi connectivity index (χ2n) is 6.25. The number of nitrogens with two attached hydrogens (primary N) is 2. The van der Waals surface area contributed by atoms with Crippen LogP contribution < -0.4 is 22.1 Å². The van der Waals surface area contributed by atoms with Gasteiger partial charge in [0.2, 0.25) is 5.13 Å².